The van der Waals surface area contributed by atoms with E-state index in [1.54, 1.807) is 0 Å². The van der Waals surface area contributed by atoms with Crippen molar-refractivity contribution in [2.45, 2.75) is 6.42 Å². The minimum Gasteiger partial charge on any atom is -0.348 e. The molecule has 20 heavy (non-hydrogen) atoms. The number of hydroxylamine groups is 2. The van der Waals surface area contributed by atoms with E-state index < -0.39 is 36.5 Å². The summed E-state index contributed by atoms with van der Waals surface area (Å²) < 4.78 is 0. The third-order valence-corrected chi connectivity index (χ3v) is 2.30. The predicted octanol–water partition coefficient (Wildman–Crippen LogP) is -1.56. The Morgan fingerprint density at radius 1 is 0.900 bits per heavy atom. The van der Waals surface area contributed by atoms with E-state index in [1.165, 1.54) is 40.3 Å². The topological polar surface area (TPSA) is 96.5 Å². The summed E-state index contributed by atoms with van der Waals surface area (Å²) in [7, 11) is 6.64. The number of carbonyl (C=O) groups excluding carboxylic acids is 4. The number of hydrogen-bond acceptors (Lipinski definition) is 6. The van der Waals surface area contributed by atoms with Crippen molar-refractivity contribution in [1.82, 2.24) is 15.0 Å². The molecule has 0 aliphatic rings. The number of Topliss-reactive ketones (excluding diaryl/α,β-unsaturated/α-hetero) is 1. The second kappa shape index (κ2) is 8.23. The third-order valence-electron chi connectivity index (χ3n) is 2.30. The third kappa shape index (κ3) is 5.33. The molecule has 0 aromatic heterocycles. The first-order chi connectivity index (χ1) is 9.24. The molecule has 0 heterocycles. The normalized spacial score (nSPS) is 9.85. The number of rotatable bonds is 7. The first kappa shape index (κ1) is 18.0. The minimum atomic E-state index is -0.930. The maximum absolute atomic E-state index is 11.7. The number of amides is 3. The zero-order chi connectivity index (χ0) is 15.9. The molecule has 0 aromatic carbocycles. The van der Waals surface area contributed by atoms with E-state index in [-0.39, 0.29) is 0 Å². The lowest BCUT2D eigenvalue weighted by molar-refractivity contribution is -0.317. The lowest BCUT2D eigenvalue weighted by Gasteiger charge is -2.20. The summed E-state index contributed by atoms with van der Waals surface area (Å²) in [4.78, 5) is 57.4. The van der Waals surface area contributed by atoms with Crippen molar-refractivity contribution >= 4 is 23.5 Å². The Morgan fingerprint density at radius 2 is 1.40 bits per heavy atom. The van der Waals surface area contributed by atoms with Gasteiger partial charge in [0.1, 0.15) is 6.54 Å². The van der Waals surface area contributed by atoms with Crippen LogP contribution in [0.25, 0.3) is 0 Å². The molecular weight excluding hydrogens is 270 g/mol. The Hall–Kier alpha value is -2.00. The van der Waals surface area contributed by atoms with Crippen LogP contribution in [0.1, 0.15) is 6.42 Å². The van der Waals surface area contributed by atoms with Crippen LogP contribution in [0, 0.1) is 0 Å². The highest BCUT2D eigenvalue weighted by molar-refractivity contribution is 6.39. The zero-order valence-corrected chi connectivity index (χ0v) is 12.2. The minimum absolute atomic E-state index is 0.414. The summed E-state index contributed by atoms with van der Waals surface area (Å²) in [5.41, 5.74) is 0. The molecule has 114 valence electrons. The first-order valence-electron chi connectivity index (χ1n) is 5.64. The largest absolute Gasteiger partial charge is 0.348 e. The summed E-state index contributed by atoms with van der Waals surface area (Å²) in [5.74, 6) is -2.97. The van der Waals surface area contributed by atoms with Crippen molar-refractivity contribution < 1.29 is 28.9 Å². The maximum atomic E-state index is 11.7. The van der Waals surface area contributed by atoms with Gasteiger partial charge in [0.05, 0.1) is 20.6 Å². The first-order valence-corrected chi connectivity index (χ1v) is 5.64. The molecule has 0 aliphatic heterocycles. The molecule has 0 aliphatic carbocycles. The van der Waals surface area contributed by atoms with Gasteiger partial charge in [-0.2, -0.15) is 0 Å². The van der Waals surface area contributed by atoms with E-state index >= 15 is 0 Å². The van der Waals surface area contributed by atoms with E-state index in [1.807, 2.05) is 0 Å². The summed E-state index contributed by atoms with van der Waals surface area (Å²) in [5, 5.41) is 0.569. The van der Waals surface area contributed by atoms with Crippen molar-refractivity contribution in [2.24, 2.45) is 0 Å². The lowest BCUT2D eigenvalue weighted by Crippen LogP contribution is -2.43. The highest BCUT2D eigenvalue weighted by atomic mass is 16.9. The second-order valence-corrected chi connectivity index (χ2v) is 4.07. The van der Waals surface area contributed by atoms with Crippen molar-refractivity contribution in [3.05, 3.63) is 0 Å². The molecule has 9 nitrogen and oxygen atoms in total. The van der Waals surface area contributed by atoms with Gasteiger partial charge in [0.25, 0.3) is 11.8 Å². The van der Waals surface area contributed by atoms with Gasteiger partial charge in [-0.3, -0.25) is 19.2 Å². The number of ketones is 1. The molecule has 0 rings (SSSR count). The van der Waals surface area contributed by atoms with Crippen LogP contribution in [-0.2, 0) is 28.9 Å². The standard InChI is InChI=1S/C11H19N3O6/c1-12(2)9(16)6-8(15)11(18)13(3)7-10(17)14(19-4)20-5/h6-7H2,1-5H3. The number of hydrogen-bond donors (Lipinski definition) is 0. The smallest absolute Gasteiger partial charge is 0.292 e. The molecule has 0 saturated heterocycles. The molecule has 3 amide bonds. The Balaban J connectivity index is 4.51. The summed E-state index contributed by atoms with van der Waals surface area (Å²) in [6.45, 7) is -0.414. The van der Waals surface area contributed by atoms with Crippen LogP contribution in [0.5, 0.6) is 0 Å². The van der Waals surface area contributed by atoms with Crippen LogP contribution < -0.4 is 0 Å². The van der Waals surface area contributed by atoms with E-state index in [0.717, 1.165) is 4.90 Å². The van der Waals surface area contributed by atoms with E-state index in [4.69, 9.17) is 0 Å². The fraction of sp³-hybridized carbons (Fsp3) is 0.636. The van der Waals surface area contributed by atoms with Gasteiger partial charge in [0.15, 0.2) is 0 Å². The highest BCUT2D eigenvalue weighted by Gasteiger charge is 2.25. The van der Waals surface area contributed by atoms with Crippen molar-refractivity contribution in [3.8, 4) is 0 Å². The van der Waals surface area contributed by atoms with Crippen molar-refractivity contribution in [3.63, 3.8) is 0 Å². The van der Waals surface area contributed by atoms with Gasteiger partial charge in [-0.25, -0.2) is 9.68 Å². The molecule has 0 saturated carbocycles. The maximum Gasteiger partial charge on any atom is 0.292 e. The predicted molar refractivity (Wildman–Crippen MR) is 66.8 cm³/mol. The summed E-state index contributed by atoms with van der Waals surface area (Å²) in [6, 6.07) is 0. The van der Waals surface area contributed by atoms with Crippen LogP contribution in [0.2, 0.25) is 0 Å². The highest BCUT2D eigenvalue weighted by Crippen LogP contribution is 1.97. The average molecular weight is 289 g/mol. The fourth-order valence-electron chi connectivity index (χ4n) is 1.19. The second-order valence-electron chi connectivity index (χ2n) is 4.07. The van der Waals surface area contributed by atoms with Gasteiger partial charge in [-0.15, -0.1) is 0 Å². The molecule has 0 fully saturated rings. The number of nitrogens with zero attached hydrogens (tertiary/aromatic N) is 3. The van der Waals surface area contributed by atoms with Gasteiger partial charge in [0.2, 0.25) is 11.7 Å². The molecule has 0 bridgehead atoms. The SMILES string of the molecule is CON(OC)C(=O)CN(C)C(=O)C(=O)CC(=O)N(C)C. The summed E-state index contributed by atoms with van der Waals surface area (Å²) >= 11 is 0. The fourth-order valence-corrected chi connectivity index (χ4v) is 1.19. The Bertz CT molecular complexity index is 392. The van der Waals surface area contributed by atoms with Gasteiger partial charge in [0, 0.05) is 21.1 Å². The van der Waals surface area contributed by atoms with E-state index in [0.29, 0.717) is 5.23 Å². The summed E-state index contributed by atoms with van der Waals surface area (Å²) in [6.07, 6.45) is -0.539. The number of carbonyl (C=O) groups is 4. The van der Waals surface area contributed by atoms with Crippen LogP contribution in [0.4, 0.5) is 0 Å². The molecule has 0 unspecified atom stereocenters. The Morgan fingerprint density at radius 3 is 1.80 bits per heavy atom. The monoisotopic (exact) mass is 289 g/mol. The van der Waals surface area contributed by atoms with Crippen LogP contribution >= 0.6 is 0 Å². The van der Waals surface area contributed by atoms with Crippen molar-refractivity contribution in [2.75, 3.05) is 41.9 Å². The van der Waals surface area contributed by atoms with Gasteiger partial charge >= 0.3 is 0 Å². The van der Waals surface area contributed by atoms with Crippen LogP contribution in [0.3, 0.4) is 0 Å². The van der Waals surface area contributed by atoms with Crippen LogP contribution in [-0.4, -0.2) is 80.4 Å². The van der Waals surface area contributed by atoms with E-state index in [9.17, 15) is 19.2 Å². The number of likely N-dealkylation sites (N-methyl/N-ethyl adjacent to an activating group) is 1. The average Bonchev–Trinajstić information content (AvgIpc) is 2.38. The molecule has 0 radical (unpaired) electrons. The van der Waals surface area contributed by atoms with Crippen molar-refractivity contribution in [1.29, 1.82) is 0 Å². The molecule has 0 atom stereocenters. The Kier molecular flexibility index (Phi) is 7.40. The van der Waals surface area contributed by atoms with Crippen LogP contribution in [0.15, 0.2) is 0 Å². The molecule has 0 N–H and O–H groups in total. The lowest BCUT2D eigenvalue weighted by atomic mass is 10.2. The van der Waals surface area contributed by atoms with E-state index in [2.05, 4.69) is 9.68 Å². The Labute approximate surface area is 116 Å². The molecular formula is C11H19N3O6. The quantitative estimate of drug-likeness (QED) is 0.319. The zero-order valence-electron chi connectivity index (χ0n) is 12.2. The molecule has 9 heteroatoms. The van der Waals surface area contributed by atoms with Gasteiger partial charge < -0.3 is 9.80 Å². The molecule has 0 spiro atoms. The van der Waals surface area contributed by atoms with Gasteiger partial charge in [-0.1, -0.05) is 5.23 Å². The van der Waals surface area contributed by atoms with Gasteiger partial charge in [-0.05, 0) is 0 Å². The molecule has 0 aromatic rings.